The molecule has 3 aromatic rings. The molecule has 0 spiro atoms. The molecular weight excluding hydrogens is 284 g/mol. The Labute approximate surface area is 126 Å². The summed E-state index contributed by atoms with van der Waals surface area (Å²) in [7, 11) is 0. The highest BCUT2D eigenvalue weighted by molar-refractivity contribution is 7.26. The van der Waals surface area contributed by atoms with Crippen LogP contribution < -0.4 is 5.73 Å². The molecule has 1 aromatic carbocycles. The fourth-order valence-corrected chi connectivity index (χ4v) is 4.61. The van der Waals surface area contributed by atoms with Crippen molar-refractivity contribution in [2.45, 2.75) is 19.8 Å². The number of hydrogen-bond donors (Lipinski definition) is 1. The summed E-state index contributed by atoms with van der Waals surface area (Å²) in [5.74, 6) is 0. The molecule has 100 valence electrons. The minimum Gasteiger partial charge on any atom is -0.397 e. The van der Waals surface area contributed by atoms with Crippen molar-refractivity contribution < 1.29 is 0 Å². The number of nitrogens with zero attached hydrogens (tertiary/aromatic N) is 1. The van der Waals surface area contributed by atoms with Crippen LogP contribution in [0.3, 0.4) is 0 Å². The highest BCUT2D eigenvalue weighted by Crippen LogP contribution is 2.43. The largest absolute Gasteiger partial charge is 0.397 e. The van der Waals surface area contributed by atoms with Crippen LogP contribution in [0.2, 0.25) is 0 Å². The van der Waals surface area contributed by atoms with E-state index in [0.717, 1.165) is 18.4 Å². The van der Waals surface area contributed by atoms with Gasteiger partial charge >= 0.3 is 0 Å². The van der Waals surface area contributed by atoms with Crippen LogP contribution in [-0.4, -0.2) is 0 Å². The van der Waals surface area contributed by atoms with E-state index in [4.69, 9.17) is 5.73 Å². The molecule has 0 amide bonds. The minimum atomic E-state index is 0.640. The monoisotopic (exact) mass is 298 g/mol. The van der Waals surface area contributed by atoms with Gasteiger partial charge in [-0.1, -0.05) is 31.5 Å². The maximum absolute atomic E-state index is 9.19. The number of nitrogen functional groups attached to an aromatic ring is 1. The van der Waals surface area contributed by atoms with Crippen LogP contribution in [-0.2, 0) is 6.42 Å². The molecule has 0 bridgehead atoms. The first kappa shape index (κ1) is 13.2. The van der Waals surface area contributed by atoms with E-state index in [-0.39, 0.29) is 0 Å². The first-order valence-corrected chi connectivity index (χ1v) is 8.18. The molecule has 0 saturated heterocycles. The molecule has 2 aromatic heterocycles. The van der Waals surface area contributed by atoms with Crippen LogP contribution in [0.1, 0.15) is 23.8 Å². The zero-order valence-corrected chi connectivity index (χ0v) is 12.8. The summed E-state index contributed by atoms with van der Waals surface area (Å²) in [5, 5.41) is 10.4. The van der Waals surface area contributed by atoms with Gasteiger partial charge in [0.05, 0.1) is 10.6 Å². The van der Waals surface area contributed by atoms with Crippen LogP contribution in [0.4, 0.5) is 5.69 Å². The van der Waals surface area contributed by atoms with Crippen molar-refractivity contribution in [3.05, 3.63) is 40.8 Å². The quantitative estimate of drug-likeness (QED) is 0.736. The number of hydrogen-bond acceptors (Lipinski definition) is 4. The number of nitriles is 1. The molecule has 2 heterocycles. The van der Waals surface area contributed by atoms with Crippen molar-refractivity contribution in [1.29, 1.82) is 5.26 Å². The average molecular weight is 298 g/mol. The fourth-order valence-electron chi connectivity index (χ4n) is 2.35. The Balaban J connectivity index is 2.20. The third kappa shape index (κ3) is 2.09. The molecule has 0 unspecified atom stereocenters. The molecule has 0 fully saturated rings. The first-order valence-electron chi connectivity index (χ1n) is 6.54. The van der Waals surface area contributed by atoms with E-state index in [1.165, 1.54) is 31.2 Å². The number of fused-ring (bicyclic) bond motifs is 1. The Kier molecular flexibility index (Phi) is 3.47. The number of anilines is 1. The number of rotatable bonds is 3. The number of nitrogens with two attached hydrogens (primary N) is 1. The fraction of sp³-hybridized carbons (Fsp3) is 0.188. The van der Waals surface area contributed by atoms with Gasteiger partial charge in [-0.3, -0.25) is 0 Å². The second kappa shape index (κ2) is 5.28. The Bertz CT molecular complexity index is 773. The molecule has 0 radical (unpaired) electrons. The van der Waals surface area contributed by atoms with Crippen molar-refractivity contribution in [3.63, 3.8) is 0 Å². The van der Waals surface area contributed by atoms with Gasteiger partial charge in [-0.15, -0.1) is 22.7 Å². The van der Waals surface area contributed by atoms with E-state index in [1.807, 2.05) is 0 Å². The molecule has 20 heavy (non-hydrogen) atoms. The van der Waals surface area contributed by atoms with Gasteiger partial charge in [0.25, 0.3) is 0 Å². The van der Waals surface area contributed by atoms with Gasteiger partial charge in [-0.05, 0) is 29.5 Å². The summed E-state index contributed by atoms with van der Waals surface area (Å²) >= 11 is 3.29. The van der Waals surface area contributed by atoms with Gasteiger partial charge in [0, 0.05) is 9.58 Å². The van der Waals surface area contributed by atoms with E-state index in [9.17, 15) is 5.26 Å². The number of thiophene rings is 2. The first-order chi connectivity index (χ1) is 9.74. The van der Waals surface area contributed by atoms with Crippen LogP contribution >= 0.6 is 22.7 Å². The lowest BCUT2D eigenvalue weighted by atomic mass is 10.1. The van der Waals surface area contributed by atoms with Crippen molar-refractivity contribution in [3.8, 4) is 15.8 Å². The highest BCUT2D eigenvalue weighted by Gasteiger charge is 2.18. The van der Waals surface area contributed by atoms with Crippen LogP contribution in [0.15, 0.2) is 30.3 Å². The maximum atomic E-state index is 9.19. The number of benzene rings is 1. The Morgan fingerprint density at radius 1 is 1.25 bits per heavy atom. The Hall–Kier alpha value is -1.83. The molecule has 2 nitrogen and oxygen atoms in total. The normalized spacial score (nSPS) is 10.8. The van der Waals surface area contributed by atoms with Gasteiger partial charge in [-0.25, -0.2) is 0 Å². The zero-order chi connectivity index (χ0) is 14.1. The van der Waals surface area contributed by atoms with Gasteiger partial charge < -0.3 is 5.73 Å². The predicted molar refractivity (Wildman–Crippen MR) is 88.3 cm³/mol. The van der Waals surface area contributed by atoms with Gasteiger partial charge in [0.15, 0.2) is 0 Å². The van der Waals surface area contributed by atoms with Crippen molar-refractivity contribution in [1.82, 2.24) is 0 Å². The van der Waals surface area contributed by atoms with E-state index in [0.29, 0.717) is 10.6 Å². The molecule has 0 aliphatic rings. The Morgan fingerprint density at radius 2 is 2.05 bits per heavy atom. The standard InChI is InChI=1S/C16H14N2S2/c1-2-5-11-15(18)14(9-17)20-16(11)13-8-10-6-3-4-7-12(10)19-13/h3-4,6-8H,2,5,18H2,1H3. The summed E-state index contributed by atoms with van der Waals surface area (Å²) in [4.78, 5) is 3.02. The summed E-state index contributed by atoms with van der Waals surface area (Å²) < 4.78 is 1.27. The molecular formula is C16H14N2S2. The van der Waals surface area contributed by atoms with Crippen molar-refractivity contribution >= 4 is 38.4 Å². The van der Waals surface area contributed by atoms with Crippen LogP contribution in [0.25, 0.3) is 19.8 Å². The van der Waals surface area contributed by atoms with Crippen LogP contribution in [0, 0.1) is 11.3 Å². The second-order valence-electron chi connectivity index (χ2n) is 4.66. The van der Waals surface area contributed by atoms with E-state index < -0.39 is 0 Å². The highest BCUT2D eigenvalue weighted by atomic mass is 32.1. The molecule has 0 aliphatic heterocycles. The predicted octanol–water partition coefficient (Wildman–Crippen LogP) is 5.04. The third-order valence-electron chi connectivity index (χ3n) is 3.30. The van der Waals surface area contributed by atoms with Gasteiger partial charge in [-0.2, -0.15) is 5.26 Å². The SMILES string of the molecule is CCCc1c(-c2cc3ccccc3s2)sc(C#N)c1N. The second-order valence-corrected chi connectivity index (χ2v) is 6.77. The molecule has 4 heteroatoms. The van der Waals surface area contributed by atoms with E-state index in [1.54, 1.807) is 11.3 Å². The van der Waals surface area contributed by atoms with E-state index in [2.05, 4.69) is 43.3 Å². The topological polar surface area (TPSA) is 49.8 Å². The molecule has 0 atom stereocenters. The summed E-state index contributed by atoms with van der Waals surface area (Å²) in [6, 6.07) is 12.8. The minimum absolute atomic E-state index is 0.640. The molecule has 0 saturated carbocycles. The van der Waals surface area contributed by atoms with E-state index >= 15 is 0 Å². The van der Waals surface area contributed by atoms with Crippen molar-refractivity contribution in [2.24, 2.45) is 0 Å². The zero-order valence-electron chi connectivity index (χ0n) is 11.1. The molecule has 0 aliphatic carbocycles. The lowest BCUT2D eigenvalue weighted by molar-refractivity contribution is 0.930. The summed E-state index contributed by atoms with van der Waals surface area (Å²) in [5.41, 5.74) is 7.94. The van der Waals surface area contributed by atoms with Crippen LogP contribution in [0.5, 0.6) is 0 Å². The molecule has 3 rings (SSSR count). The Morgan fingerprint density at radius 3 is 2.75 bits per heavy atom. The van der Waals surface area contributed by atoms with Crippen molar-refractivity contribution in [2.75, 3.05) is 5.73 Å². The smallest absolute Gasteiger partial charge is 0.128 e. The lowest BCUT2D eigenvalue weighted by Gasteiger charge is -2.01. The van der Waals surface area contributed by atoms with Gasteiger partial charge in [0.2, 0.25) is 0 Å². The molecule has 2 N–H and O–H groups in total. The summed E-state index contributed by atoms with van der Waals surface area (Å²) in [6.07, 6.45) is 1.96. The summed E-state index contributed by atoms with van der Waals surface area (Å²) in [6.45, 7) is 2.14. The third-order valence-corrected chi connectivity index (χ3v) is 5.75. The maximum Gasteiger partial charge on any atom is 0.128 e. The lowest BCUT2D eigenvalue weighted by Crippen LogP contribution is -1.92. The van der Waals surface area contributed by atoms with Gasteiger partial charge in [0.1, 0.15) is 10.9 Å². The average Bonchev–Trinajstić information content (AvgIpc) is 3.01.